The molecule has 0 amide bonds. The molecule has 2 aromatic heterocycles. The second-order valence-electron chi connectivity index (χ2n) is 3.26. The van der Waals surface area contributed by atoms with Crippen LogP contribution in [0, 0.1) is 6.92 Å². The average molecular weight is 236 g/mol. The number of halogens is 1. The van der Waals surface area contributed by atoms with Crippen molar-refractivity contribution in [1.82, 2.24) is 15.0 Å². The molecule has 0 spiro atoms. The smallest absolute Gasteiger partial charge is 0.222 e. The SMILES string of the molecule is COc1ccc(-c2nc(Cl)ncc2C)cn1. The van der Waals surface area contributed by atoms with Crippen LogP contribution in [0.2, 0.25) is 5.28 Å². The molecule has 0 radical (unpaired) electrons. The summed E-state index contributed by atoms with van der Waals surface area (Å²) in [5, 5.41) is 0.233. The van der Waals surface area contributed by atoms with Gasteiger partial charge in [-0.3, -0.25) is 0 Å². The molecular formula is C11H10ClN3O. The maximum atomic E-state index is 5.76. The van der Waals surface area contributed by atoms with Gasteiger partial charge in [-0.15, -0.1) is 0 Å². The Kier molecular flexibility index (Phi) is 3.01. The number of methoxy groups -OCH3 is 1. The number of hydrogen-bond acceptors (Lipinski definition) is 4. The zero-order chi connectivity index (χ0) is 11.5. The molecule has 0 unspecified atom stereocenters. The molecule has 0 aliphatic rings. The van der Waals surface area contributed by atoms with E-state index in [1.54, 1.807) is 25.6 Å². The highest BCUT2D eigenvalue weighted by molar-refractivity contribution is 6.28. The van der Waals surface area contributed by atoms with Crippen molar-refractivity contribution in [3.63, 3.8) is 0 Å². The van der Waals surface area contributed by atoms with Crippen molar-refractivity contribution in [3.8, 4) is 17.1 Å². The van der Waals surface area contributed by atoms with Crippen LogP contribution < -0.4 is 4.74 Å². The van der Waals surface area contributed by atoms with Crippen LogP contribution >= 0.6 is 11.6 Å². The van der Waals surface area contributed by atoms with E-state index < -0.39 is 0 Å². The van der Waals surface area contributed by atoms with Crippen LogP contribution in [0.5, 0.6) is 5.88 Å². The van der Waals surface area contributed by atoms with Crippen LogP contribution in [0.25, 0.3) is 11.3 Å². The number of nitrogens with zero attached hydrogens (tertiary/aromatic N) is 3. The van der Waals surface area contributed by atoms with Crippen LogP contribution in [0.4, 0.5) is 0 Å². The summed E-state index contributed by atoms with van der Waals surface area (Å²) < 4.78 is 4.99. The monoisotopic (exact) mass is 235 g/mol. The van der Waals surface area contributed by atoms with E-state index in [1.165, 1.54) is 0 Å². The van der Waals surface area contributed by atoms with E-state index in [4.69, 9.17) is 16.3 Å². The molecule has 82 valence electrons. The summed E-state index contributed by atoms with van der Waals surface area (Å²) in [5.74, 6) is 0.571. The molecule has 0 fully saturated rings. The lowest BCUT2D eigenvalue weighted by Gasteiger charge is -2.05. The van der Waals surface area contributed by atoms with Gasteiger partial charge in [-0.1, -0.05) is 0 Å². The third-order valence-electron chi connectivity index (χ3n) is 2.16. The second kappa shape index (κ2) is 4.45. The van der Waals surface area contributed by atoms with Crippen LogP contribution in [0.1, 0.15) is 5.56 Å². The summed E-state index contributed by atoms with van der Waals surface area (Å²) in [6.45, 7) is 1.93. The molecule has 0 aromatic carbocycles. The van der Waals surface area contributed by atoms with Crippen molar-refractivity contribution in [3.05, 3.63) is 35.4 Å². The quantitative estimate of drug-likeness (QED) is 0.751. The lowest BCUT2D eigenvalue weighted by atomic mass is 10.1. The predicted molar refractivity (Wildman–Crippen MR) is 61.6 cm³/mol. The highest BCUT2D eigenvalue weighted by Crippen LogP contribution is 2.22. The normalized spacial score (nSPS) is 10.2. The first kappa shape index (κ1) is 10.8. The van der Waals surface area contributed by atoms with E-state index in [1.807, 2.05) is 13.0 Å². The minimum Gasteiger partial charge on any atom is -0.481 e. The van der Waals surface area contributed by atoms with E-state index in [0.717, 1.165) is 16.8 Å². The molecule has 2 aromatic rings. The van der Waals surface area contributed by atoms with Gasteiger partial charge < -0.3 is 4.74 Å². The van der Waals surface area contributed by atoms with Gasteiger partial charge >= 0.3 is 0 Å². The van der Waals surface area contributed by atoms with Crippen molar-refractivity contribution in [2.75, 3.05) is 7.11 Å². The largest absolute Gasteiger partial charge is 0.481 e. The molecule has 16 heavy (non-hydrogen) atoms. The van der Waals surface area contributed by atoms with E-state index in [2.05, 4.69) is 15.0 Å². The van der Waals surface area contributed by atoms with Gasteiger partial charge in [-0.25, -0.2) is 15.0 Å². The van der Waals surface area contributed by atoms with Gasteiger partial charge in [0.1, 0.15) is 0 Å². The minimum atomic E-state index is 0.233. The molecule has 2 rings (SSSR count). The summed E-state index contributed by atoms with van der Waals surface area (Å²) in [7, 11) is 1.58. The average Bonchev–Trinajstić information content (AvgIpc) is 2.32. The fraction of sp³-hybridized carbons (Fsp3) is 0.182. The van der Waals surface area contributed by atoms with Crippen LogP contribution in [-0.4, -0.2) is 22.1 Å². The Labute approximate surface area is 98.3 Å². The Morgan fingerprint density at radius 3 is 2.62 bits per heavy atom. The van der Waals surface area contributed by atoms with Gasteiger partial charge in [0.15, 0.2) is 0 Å². The van der Waals surface area contributed by atoms with E-state index in [-0.39, 0.29) is 5.28 Å². The Bertz CT molecular complexity index is 499. The van der Waals surface area contributed by atoms with Crippen molar-refractivity contribution in [2.24, 2.45) is 0 Å². The van der Waals surface area contributed by atoms with Crippen LogP contribution in [0.15, 0.2) is 24.5 Å². The van der Waals surface area contributed by atoms with Gasteiger partial charge in [0.2, 0.25) is 11.2 Å². The third kappa shape index (κ3) is 2.12. The number of aryl methyl sites for hydroxylation is 1. The van der Waals surface area contributed by atoms with Crippen molar-refractivity contribution in [2.45, 2.75) is 6.92 Å². The predicted octanol–water partition coefficient (Wildman–Crippen LogP) is 2.51. The Balaban J connectivity index is 2.45. The molecule has 4 nitrogen and oxygen atoms in total. The van der Waals surface area contributed by atoms with Crippen molar-refractivity contribution in [1.29, 1.82) is 0 Å². The molecule has 0 saturated heterocycles. The number of pyridine rings is 1. The standard InChI is InChI=1S/C11H10ClN3O/c1-7-5-14-11(12)15-10(7)8-3-4-9(16-2)13-6-8/h3-6H,1-2H3. The van der Waals surface area contributed by atoms with Gasteiger partial charge in [0, 0.05) is 24.0 Å². The van der Waals surface area contributed by atoms with Crippen LogP contribution in [0.3, 0.4) is 0 Å². The Morgan fingerprint density at radius 1 is 1.19 bits per heavy atom. The van der Waals surface area contributed by atoms with E-state index in [0.29, 0.717) is 5.88 Å². The molecule has 0 bridgehead atoms. The first-order chi connectivity index (χ1) is 7.70. The molecule has 0 saturated carbocycles. The van der Waals surface area contributed by atoms with Crippen LogP contribution in [-0.2, 0) is 0 Å². The minimum absolute atomic E-state index is 0.233. The van der Waals surface area contributed by atoms with Gasteiger partial charge in [-0.05, 0) is 30.2 Å². The lowest BCUT2D eigenvalue weighted by Crippen LogP contribution is -1.93. The first-order valence-electron chi connectivity index (χ1n) is 4.70. The third-order valence-corrected chi connectivity index (χ3v) is 2.34. The summed E-state index contributed by atoms with van der Waals surface area (Å²) in [6.07, 6.45) is 3.39. The molecule has 0 atom stereocenters. The Morgan fingerprint density at radius 2 is 2.00 bits per heavy atom. The summed E-state index contributed by atoms with van der Waals surface area (Å²) >= 11 is 5.76. The molecular weight excluding hydrogens is 226 g/mol. The van der Waals surface area contributed by atoms with E-state index in [9.17, 15) is 0 Å². The fourth-order valence-corrected chi connectivity index (χ4v) is 1.49. The number of rotatable bonds is 2. The van der Waals surface area contributed by atoms with E-state index >= 15 is 0 Å². The molecule has 5 heteroatoms. The molecule has 0 aliphatic carbocycles. The fourth-order valence-electron chi connectivity index (χ4n) is 1.35. The maximum Gasteiger partial charge on any atom is 0.222 e. The number of hydrogen-bond donors (Lipinski definition) is 0. The van der Waals surface area contributed by atoms with Gasteiger partial charge in [-0.2, -0.15) is 0 Å². The zero-order valence-corrected chi connectivity index (χ0v) is 9.69. The lowest BCUT2D eigenvalue weighted by molar-refractivity contribution is 0.398. The highest BCUT2D eigenvalue weighted by atomic mass is 35.5. The van der Waals surface area contributed by atoms with Crippen molar-refractivity contribution < 1.29 is 4.74 Å². The van der Waals surface area contributed by atoms with Gasteiger partial charge in [0.25, 0.3) is 0 Å². The summed E-state index contributed by atoms with van der Waals surface area (Å²) in [5.41, 5.74) is 2.63. The molecule has 0 aliphatic heterocycles. The number of aromatic nitrogens is 3. The topological polar surface area (TPSA) is 47.9 Å². The molecule has 2 heterocycles. The summed E-state index contributed by atoms with van der Waals surface area (Å²) in [6, 6.07) is 3.67. The molecule has 0 N–H and O–H groups in total. The Hall–Kier alpha value is -1.68. The first-order valence-corrected chi connectivity index (χ1v) is 5.08. The maximum absolute atomic E-state index is 5.76. The summed E-state index contributed by atoms with van der Waals surface area (Å²) in [4.78, 5) is 12.2. The second-order valence-corrected chi connectivity index (χ2v) is 3.60. The zero-order valence-electron chi connectivity index (χ0n) is 8.94. The van der Waals surface area contributed by atoms with Gasteiger partial charge in [0.05, 0.1) is 12.8 Å². The highest BCUT2D eigenvalue weighted by Gasteiger charge is 2.06. The number of ether oxygens (including phenoxy) is 1. The van der Waals surface area contributed by atoms with Crippen molar-refractivity contribution >= 4 is 11.6 Å².